The van der Waals surface area contributed by atoms with Crippen LogP contribution in [0.25, 0.3) is 6.08 Å². The lowest BCUT2D eigenvalue weighted by Crippen LogP contribution is -2.21. The van der Waals surface area contributed by atoms with Crippen LogP contribution in [0, 0.1) is 12.8 Å². The zero-order chi connectivity index (χ0) is 12.8. The highest BCUT2D eigenvalue weighted by Gasteiger charge is 1.97. The second-order valence-corrected chi connectivity index (χ2v) is 5.88. The summed E-state index contributed by atoms with van der Waals surface area (Å²) in [5.74, 6) is 0.706. The average molecular weight is 296 g/mol. The van der Waals surface area contributed by atoms with E-state index in [0.29, 0.717) is 5.92 Å². The lowest BCUT2D eigenvalue weighted by Gasteiger charge is -2.08. The molecule has 0 spiro atoms. The third-order valence-corrected chi connectivity index (χ3v) is 3.44. The number of aryl methyl sites for hydroxylation is 1. The molecule has 0 aliphatic heterocycles. The molecule has 0 aliphatic carbocycles. The highest BCUT2D eigenvalue weighted by Crippen LogP contribution is 2.18. The first-order chi connectivity index (χ1) is 7.99. The van der Waals surface area contributed by atoms with Gasteiger partial charge in [-0.15, -0.1) is 0 Å². The van der Waals surface area contributed by atoms with Gasteiger partial charge < -0.3 is 5.32 Å². The van der Waals surface area contributed by atoms with E-state index in [4.69, 9.17) is 0 Å². The number of nitrogens with one attached hydrogen (secondary N) is 1. The van der Waals surface area contributed by atoms with Crippen LogP contribution in [0.5, 0.6) is 0 Å². The first-order valence-corrected chi connectivity index (χ1v) is 6.92. The van der Waals surface area contributed by atoms with Gasteiger partial charge in [-0.3, -0.25) is 0 Å². The summed E-state index contributed by atoms with van der Waals surface area (Å²) in [5, 5.41) is 3.45. The summed E-state index contributed by atoms with van der Waals surface area (Å²) in [7, 11) is 0. The van der Waals surface area contributed by atoms with Crippen molar-refractivity contribution in [2.24, 2.45) is 5.92 Å². The molecule has 0 atom stereocenters. The first kappa shape index (κ1) is 14.5. The van der Waals surface area contributed by atoms with Crippen molar-refractivity contribution in [3.63, 3.8) is 0 Å². The van der Waals surface area contributed by atoms with Crippen LogP contribution < -0.4 is 5.32 Å². The van der Waals surface area contributed by atoms with Gasteiger partial charge in [0.15, 0.2) is 0 Å². The smallest absolute Gasteiger partial charge is 0.0204 e. The fraction of sp³-hybridized carbons (Fsp3) is 0.467. The molecule has 0 saturated carbocycles. The maximum absolute atomic E-state index is 3.52. The molecule has 0 fully saturated rings. The van der Waals surface area contributed by atoms with Crippen LogP contribution in [-0.4, -0.2) is 13.1 Å². The molecular weight excluding hydrogens is 274 g/mol. The van der Waals surface area contributed by atoms with Gasteiger partial charge in [-0.1, -0.05) is 53.6 Å². The number of hydrogen-bond donors (Lipinski definition) is 1. The van der Waals surface area contributed by atoms with Crippen molar-refractivity contribution < 1.29 is 0 Å². The Morgan fingerprint density at radius 2 is 2.12 bits per heavy atom. The fourth-order valence-electron chi connectivity index (χ4n) is 1.65. The Morgan fingerprint density at radius 1 is 1.41 bits per heavy atom. The van der Waals surface area contributed by atoms with Crippen molar-refractivity contribution >= 4 is 22.0 Å². The zero-order valence-electron chi connectivity index (χ0n) is 11.2. The molecular formula is C15H22BrN. The summed E-state index contributed by atoms with van der Waals surface area (Å²) < 4.78 is 1.17. The summed E-state index contributed by atoms with van der Waals surface area (Å²) >= 11 is 3.52. The molecule has 2 heteroatoms. The van der Waals surface area contributed by atoms with E-state index in [1.165, 1.54) is 21.2 Å². The Bertz CT molecular complexity index is 394. The maximum atomic E-state index is 3.52. The molecule has 0 aromatic heterocycles. The van der Waals surface area contributed by atoms with E-state index >= 15 is 0 Å². The summed E-state index contributed by atoms with van der Waals surface area (Å²) in [6.45, 7) is 10.8. The van der Waals surface area contributed by atoms with E-state index in [1.807, 2.05) is 0 Å². The predicted octanol–water partition coefficient (Wildman–Crippen LogP) is 4.41. The molecule has 0 unspecified atom stereocenters. The molecule has 1 rings (SSSR count). The molecule has 1 aromatic carbocycles. The van der Waals surface area contributed by atoms with E-state index in [0.717, 1.165) is 13.1 Å². The van der Waals surface area contributed by atoms with E-state index < -0.39 is 0 Å². The fourth-order valence-corrected chi connectivity index (χ4v) is 1.90. The van der Waals surface area contributed by atoms with Crippen molar-refractivity contribution in [2.45, 2.75) is 27.7 Å². The minimum Gasteiger partial charge on any atom is -0.313 e. The van der Waals surface area contributed by atoms with Crippen molar-refractivity contribution in [3.8, 4) is 0 Å². The Labute approximate surface area is 113 Å². The highest BCUT2D eigenvalue weighted by atomic mass is 79.9. The van der Waals surface area contributed by atoms with Gasteiger partial charge in [0.05, 0.1) is 0 Å². The van der Waals surface area contributed by atoms with Gasteiger partial charge in [-0.2, -0.15) is 0 Å². The molecule has 0 radical (unpaired) electrons. The average Bonchev–Trinajstić information content (AvgIpc) is 2.23. The number of halogens is 1. The molecule has 0 amide bonds. The van der Waals surface area contributed by atoms with Crippen LogP contribution in [0.2, 0.25) is 0 Å². The van der Waals surface area contributed by atoms with Crippen LogP contribution in [0.1, 0.15) is 31.9 Å². The highest BCUT2D eigenvalue weighted by molar-refractivity contribution is 9.10. The SMILES string of the molecule is CC(=Cc1ccc(Br)c(C)c1)CNCC(C)C. The lowest BCUT2D eigenvalue weighted by atomic mass is 10.1. The topological polar surface area (TPSA) is 12.0 Å². The Morgan fingerprint density at radius 3 is 2.71 bits per heavy atom. The van der Waals surface area contributed by atoms with Gasteiger partial charge in [-0.05, 0) is 43.5 Å². The molecule has 17 heavy (non-hydrogen) atoms. The monoisotopic (exact) mass is 295 g/mol. The second-order valence-electron chi connectivity index (χ2n) is 5.02. The van der Waals surface area contributed by atoms with Gasteiger partial charge in [0, 0.05) is 11.0 Å². The van der Waals surface area contributed by atoms with E-state index in [-0.39, 0.29) is 0 Å². The van der Waals surface area contributed by atoms with Crippen molar-refractivity contribution in [1.29, 1.82) is 0 Å². The Kier molecular flexibility index (Phi) is 5.93. The van der Waals surface area contributed by atoms with Crippen molar-refractivity contribution in [1.82, 2.24) is 5.32 Å². The molecule has 1 nitrogen and oxygen atoms in total. The summed E-state index contributed by atoms with van der Waals surface area (Å²) in [6.07, 6.45) is 2.24. The standard InChI is InChI=1S/C15H22BrN/c1-11(2)9-17-10-12(3)7-14-5-6-15(16)13(4)8-14/h5-8,11,17H,9-10H2,1-4H3. The molecule has 1 aromatic rings. The van der Waals surface area contributed by atoms with Gasteiger partial charge in [0.2, 0.25) is 0 Å². The van der Waals surface area contributed by atoms with Crippen LogP contribution in [-0.2, 0) is 0 Å². The minimum atomic E-state index is 0.706. The predicted molar refractivity (Wildman–Crippen MR) is 80.2 cm³/mol. The molecule has 0 heterocycles. The van der Waals surface area contributed by atoms with Gasteiger partial charge in [0.1, 0.15) is 0 Å². The van der Waals surface area contributed by atoms with Crippen LogP contribution in [0.4, 0.5) is 0 Å². The Balaban J connectivity index is 2.58. The van der Waals surface area contributed by atoms with Crippen molar-refractivity contribution in [2.75, 3.05) is 13.1 Å². The van der Waals surface area contributed by atoms with Crippen molar-refractivity contribution in [3.05, 3.63) is 39.4 Å². The molecule has 94 valence electrons. The van der Waals surface area contributed by atoms with Crippen LogP contribution in [0.3, 0.4) is 0 Å². The zero-order valence-corrected chi connectivity index (χ0v) is 12.8. The minimum absolute atomic E-state index is 0.706. The molecule has 0 saturated heterocycles. The number of benzene rings is 1. The number of rotatable bonds is 5. The summed E-state index contributed by atoms with van der Waals surface area (Å²) in [6, 6.07) is 6.45. The quantitative estimate of drug-likeness (QED) is 0.849. The molecule has 0 bridgehead atoms. The first-order valence-electron chi connectivity index (χ1n) is 6.13. The van der Waals surface area contributed by atoms with E-state index in [9.17, 15) is 0 Å². The van der Waals surface area contributed by atoms with Gasteiger partial charge >= 0.3 is 0 Å². The normalized spacial score (nSPS) is 12.2. The third kappa shape index (κ3) is 5.51. The maximum Gasteiger partial charge on any atom is 0.0204 e. The molecule has 0 aliphatic rings. The molecule has 1 N–H and O–H groups in total. The number of hydrogen-bond acceptors (Lipinski definition) is 1. The summed E-state index contributed by atoms with van der Waals surface area (Å²) in [4.78, 5) is 0. The van der Waals surface area contributed by atoms with Crippen LogP contribution in [0.15, 0.2) is 28.2 Å². The second kappa shape index (κ2) is 6.97. The Hall–Kier alpha value is -0.600. The van der Waals surface area contributed by atoms with Gasteiger partial charge in [0.25, 0.3) is 0 Å². The van der Waals surface area contributed by atoms with Gasteiger partial charge in [-0.25, -0.2) is 0 Å². The summed E-state index contributed by atoms with van der Waals surface area (Å²) in [5.41, 5.74) is 3.92. The van der Waals surface area contributed by atoms with Crippen LogP contribution >= 0.6 is 15.9 Å². The van der Waals surface area contributed by atoms with E-state index in [2.05, 4.69) is 73.2 Å². The largest absolute Gasteiger partial charge is 0.313 e. The van der Waals surface area contributed by atoms with E-state index in [1.54, 1.807) is 0 Å². The third-order valence-electron chi connectivity index (χ3n) is 2.55. The lowest BCUT2D eigenvalue weighted by molar-refractivity contribution is 0.572.